The van der Waals surface area contributed by atoms with Crippen molar-refractivity contribution in [3.63, 3.8) is 0 Å². The molecule has 2 aliphatic rings. The Balaban J connectivity index is 2.10. The highest BCUT2D eigenvalue weighted by Gasteiger charge is 2.38. The molecule has 2 atom stereocenters. The van der Waals surface area contributed by atoms with Crippen LogP contribution in [0.25, 0.3) is 0 Å². The van der Waals surface area contributed by atoms with Crippen molar-refractivity contribution in [2.24, 2.45) is 11.1 Å². The van der Waals surface area contributed by atoms with E-state index in [-0.39, 0.29) is 6.10 Å². The van der Waals surface area contributed by atoms with Crippen molar-refractivity contribution in [2.75, 3.05) is 19.1 Å². The Morgan fingerprint density at radius 3 is 3.30 bits per heavy atom. The molecule has 0 bridgehead atoms. The van der Waals surface area contributed by atoms with Crippen molar-refractivity contribution in [3.8, 4) is 0 Å². The molecule has 0 aromatic rings. The highest BCUT2D eigenvalue weighted by molar-refractivity contribution is 6.29. The van der Waals surface area contributed by atoms with Gasteiger partial charge in [-0.3, -0.25) is 0 Å². The van der Waals surface area contributed by atoms with Gasteiger partial charge in [-0.2, -0.15) is 0 Å². The predicted octanol–water partition coefficient (Wildman–Crippen LogP) is 0.626. The molecule has 1 fully saturated rings. The molecule has 1 saturated heterocycles. The molecule has 4 heteroatoms. The van der Waals surface area contributed by atoms with Gasteiger partial charge in [0.2, 0.25) is 0 Å². The lowest BCUT2D eigenvalue weighted by atomic mass is 10.0. The lowest BCUT2D eigenvalue weighted by molar-refractivity contribution is 0.0558. The molecule has 10 heavy (non-hydrogen) atoms. The second-order valence-electron chi connectivity index (χ2n) is 2.50. The number of rotatable bonds is 1. The van der Waals surface area contributed by atoms with Crippen LogP contribution in [-0.4, -0.2) is 30.9 Å². The second kappa shape index (κ2) is 2.40. The summed E-state index contributed by atoms with van der Waals surface area (Å²) in [4.78, 5) is 5.06. The van der Waals surface area contributed by atoms with Crippen LogP contribution in [0.15, 0.2) is 5.16 Å². The number of hydrogen-bond acceptors (Lipinski definition) is 3. The molecule has 0 radical (unpaired) electrons. The molecule has 2 aliphatic heterocycles. The van der Waals surface area contributed by atoms with Crippen molar-refractivity contribution in [1.82, 2.24) is 0 Å². The van der Waals surface area contributed by atoms with Crippen LogP contribution in [0.4, 0.5) is 0 Å². The third kappa shape index (κ3) is 0.812. The first-order valence-corrected chi connectivity index (χ1v) is 3.81. The first-order valence-electron chi connectivity index (χ1n) is 3.28. The molecule has 0 saturated carbocycles. The molecule has 2 rings (SSSR count). The monoisotopic (exact) mass is 161 g/mol. The molecule has 0 unspecified atom stereocenters. The number of nitrogens with zero attached hydrogens (tertiary/aromatic N) is 1. The lowest BCUT2D eigenvalue weighted by Gasteiger charge is -2.02. The van der Waals surface area contributed by atoms with E-state index in [0.29, 0.717) is 18.4 Å². The Labute approximate surface area is 63.9 Å². The number of hydrogen-bond donors (Lipinski definition) is 0. The van der Waals surface area contributed by atoms with Gasteiger partial charge in [0.25, 0.3) is 0 Å². The van der Waals surface area contributed by atoms with Gasteiger partial charge >= 0.3 is 0 Å². The van der Waals surface area contributed by atoms with Crippen LogP contribution < -0.4 is 0 Å². The van der Waals surface area contributed by atoms with Crippen molar-refractivity contribution < 1.29 is 9.57 Å². The predicted molar refractivity (Wildman–Crippen MR) is 37.3 cm³/mol. The van der Waals surface area contributed by atoms with Crippen LogP contribution in [-0.2, 0) is 9.57 Å². The van der Waals surface area contributed by atoms with Crippen LogP contribution in [0.3, 0.4) is 0 Å². The van der Waals surface area contributed by atoms with Crippen LogP contribution >= 0.6 is 11.6 Å². The largest absolute Gasteiger partial charge is 0.389 e. The van der Waals surface area contributed by atoms with Gasteiger partial charge in [0.1, 0.15) is 0 Å². The SMILES string of the molecule is ClCC1=NO[C@@H]2COC[C@H]12. The van der Waals surface area contributed by atoms with Gasteiger partial charge in [0, 0.05) is 0 Å². The molecule has 3 nitrogen and oxygen atoms in total. The summed E-state index contributed by atoms with van der Waals surface area (Å²) in [6.07, 6.45) is 0.147. The standard InChI is InChI=1S/C6H8ClNO2/c7-1-5-4-2-9-3-6(4)10-8-5/h4,6H,1-3H2/t4-,6-/m1/s1. The fourth-order valence-electron chi connectivity index (χ4n) is 1.28. The van der Waals surface area contributed by atoms with E-state index in [1.807, 2.05) is 0 Å². The average molecular weight is 162 g/mol. The van der Waals surface area contributed by atoms with Gasteiger partial charge < -0.3 is 9.57 Å². The number of alkyl halides is 1. The summed E-state index contributed by atoms with van der Waals surface area (Å²) in [6, 6.07) is 0. The highest BCUT2D eigenvalue weighted by atomic mass is 35.5. The topological polar surface area (TPSA) is 30.8 Å². The van der Waals surface area contributed by atoms with Crippen molar-refractivity contribution in [1.29, 1.82) is 0 Å². The molecular formula is C6H8ClNO2. The maximum atomic E-state index is 5.61. The minimum absolute atomic E-state index is 0.147. The van der Waals surface area contributed by atoms with Crippen LogP contribution in [0, 0.1) is 5.92 Å². The minimum Gasteiger partial charge on any atom is -0.389 e. The van der Waals surface area contributed by atoms with E-state index in [1.165, 1.54) is 0 Å². The highest BCUT2D eigenvalue weighted by Crippen LogP contribution is 2.25. The summed E-state index contributed by atoms with van der Waals surface area (Å²) in [7, 11) is 0. The molecule has 0 amide bonds. The van der Waals surface area contributed by atoms with E-state index in [9.17, 15) is 0 Å². The first kappa shape index (κ1) is 6.43. The van der Waals surface area contributed by atoms with Crippen molar-refractivity contribution in [3.05, 3.63) is 0 Å². The van der Waals surface area contributed by atoms with Crippen molar-refractivity contribution >= 4 is 17.3 Å². The van der Waals surface area contributed by atoms with Crippen LogP contribution in [0.5, 0.6) is 0 Å². The van der Waals surface area contributed by atoms with Crippen LogP contribution in [0.1, 0.15) is 0 Å². The average Bonchev–Trinajstić information content (AvgIpc) is 2.44. The minimum atomic E-state index is 0.147. The molecular weight excluding hydrogens is 154 g/mol. The Bertz CT molecular complexity index is 171. The molecule has 0 aliphatic carbocycles. The Kier molecular flexibility index (Phi) is 1.54. The molecule has 2 heterocycles. The number of oxime groups is 1. The lowest BCUT2D eigenvalue weighted by Crippen LogP contribution is -2.21. The van der Waals surface area contributed by atoms with Gasteiger partial charge in [-0.25, -0.2) is 0 Å². The Hall–Kier alpha value is -0.280. The van der Waals surface area contributed by atoms with Crippen molar-refractivity contribution in [2.45, 2.75) is 6.10 Å². The maximum Gasteiger partial charge on any atom is 0.161 e. The van der Waals surface area contributed by atoms with E-state index < -0.39 is 0 Å². The maximum absolute atomic E-state index is 5.61. The number of ether oxygens (including phenoxy) is 1. The molecule has 0 aromatic heterocycles. The summed E-state index contributed by atoms with van der Waals surface area (Å²) >= 11 is 5.61. The summed E-state index contributed by atoms with van der Waals surface area (Å²) in [5.41, 5.74) is 0.934. The summed E-state index contributed by atoms with van der Waals surface area (Å²) < 4.78 is 5.18. The third-order valence-electron chi connectivity index (χ3n) is 1.90. The Morgan fingerprint density at radius 2 is 2.50 bits per heavy atom. The smallest absolute Gasteiger partial charge is 0.161 e. The zero-order chi connectivity index (χ0) is 6.97. The molecule has 0 aromatic carbocycles. The fourth-order valence-corrected chi connectivity index (χ4v) is 1.52. The number of halogens is 1. The second-order valence-corrected chi connectivity index (χ2v) is 2.77. The van der Waals surface area contributed by atoms with Gasteiger partial charge in [-0.05, 0) is 0 Å². The quantitative estimate of drug-likeness (QED) is 0.528. The van der Waals surface area contributed by atoms with E-state index in [2.05, 4.69) is 5.16 Å². The summed E-state index contributed by atoms with van der Waals surface area (Å²) in [5, 5.41) is 3.84. The zero-order valence-corrected chi connectivity index (χ0v) is 6.17. The van der Waals surface area contributed by atoms with Crippen LogP contribution in [0.2, 0.25) is 0 Å². The number of fused-ring (bicyclic) bond motifs is 1. The molecule has 56 valence electrons. The molecule has 0 N–H and O–H groups in total. The summed E-state index contributed by atoms with van der Waals surface area (Å²) in [5.74, 6) is 0.794. The van der Waals surface area contributed by atoms with E-state index >= 15 is 0 Å². The normalized spacial score (nSPS) is 37.1. The third-order valence-corrected chi connectivity index (χ3v) is 2.17. The Morgan fingerprint density at radius 1 is 1.60 bits per heavy atom. The zero-order valence-electron chi connectivity index (χ0n) is 5.42. The van der Waals surface area contributed by atoms with Gasteiger partial charge in [0.05, 0.1) is 30.7 Å². The van der Waals surface area contributed by atoms with E-state index in [0.717, 1.165) is 12.3 Å². The van der Waals surface area contributed by atoms with E-state index in [4.69, 9.17) is 21.2 Å². The molecule has 0 spiro atoms. The first-order chi connectivity index (χ1) is 4.92. The van der Waals surface area contributed by atoms with E-state index in [1.54, 1.807) is 0 Å². The van der Waals surface area contributed by atoms with Gasteiger partial charge in [-0.1, -0.05) is 5.16 Å². The van der Waals surface area contributed by atoms with Gasteiger partial charge in [-0.15, -0.1) is 11.6 Å². The fraction of sp³-hybridized carbons (Fsp3) is 0.833. The van der Waals surface area contributed by atoms with Gasteiger partial charge in [0.15, 0.2) is 6.10 Å². The summed E-state index contributed by atoms with van der Waals surface area (Å²) in [6.45, 7) is 1.38.